The van der Waals surface area contributed by atoms with Crippen LogP contribution in [0.4, 0.5) is 0 Å². The van der Waals surface area contributed by atoms with Crippen LogP contribution in [0.25, 0.3) is 5.52 Å². The van der Waals surface area contributed by atoms with Gasteiger partial charge >= 0.3 is 0 Å². The molecule has 0 amide bonds. The monoisotopic (exact) mass is 237 g/mol. The first-order valence-corrected chi connectivity index (χ1v) is 5.90. The van der Waals surface area contributed by atoms with E-state index in [1.54, 1.807) is 0 Å². The Bertz CT molecular complexity index is 502. The van der Waals surface area contributed by atoms with Gasteiger partial charge in [0.15, 0.2) is 0 Å². The van der Waals surface area contributed by atoms with Gasteiger partial charge in [-0.2, -0.15) is 0 Å². The Morgan fingerprint density at radius 1 is 1.56 bits per heavy atom. The number of imidazole rings is 1. The number of aromatic nitrogens is 2. The molecule has 0 aliphatic carbocycles. The van der Waals surface area contributed by atoms with Crippen molar-refractivity contribution < 1.29 is 0 Å². The van der Waals surface area contributed by atoms with Gasteiger partial charge in [-0.3, -0.25) is 0 Å². The molecule has 1 unspecified atom stereocenters. The molecular formula is C12H16ClN3. The summed E-state index contributed by atoms with van der Waals surface area (Å²) in [6.07, 6.45) is 3.65. The summed E-state index contributed by atoms with van der Waals surface area (Å²) >= 11 is 6.01. The minimum atomic E-state index is 0.113. The van der Waals surface area contributed by atoms with Gasteiger partial charge < -0.3 is 10.1 Å². The maximum Gasteiger partial charge on any atom is 0.113 e. The smallest absolute Gasteiger partial charge is 0.113 e. The molecule has 86 valence electrons. The molecule has 2 rings (SSSR count). The van der Waals surface area contributed by atoms with Gasteiger partial charge in [0, 0.05) is 30.1 Å². The van der Waals surface area contributed by atoms with Crippen molar-refractivity contribution in [2.45, 2.75) is 32.7 Å². The summed E-state index contributed by atoms with van der Waals surface area (Å²) in [5.41, 5.74) is 7.93. The van der Waals surface area contributed by atoms with E-state index in [-0.39, 0.29) is 6.04 Å². The molecule has 0 aromatic carbocycles. The molecule has 2 heterocycles. The second kappa shape index (κ2) is 4.44. The number of halogens is 1. The van der Waals surface area contributed by atoms with Crippen LogP contribution in [0.15, 0.2) is 18.3 Å². The molecule has 2 aromatic rings. The Hall–Kier alpha value is -1.06. The van der Waals surface area contributed by atoms with E-state index in [0.29, 0.717) is 0 Å². The van der Waals surface area contributed by atoms with Gasteiger partial charge in [0.2, 0.25) is 0 Å². The first-order chi connectivity index (χ1) is 7.61. The molecule has 0 spiro atoms. The van der Waals surface area contributed by atoms with Crippen molar-refractivity contribution in [3.63, 3.8) is 0 Å². The average molecular weight is 238 g/mol. The quantitative estimate of drug-likeness (QED) is 0.891. The lowest BCUT2D eigenvalue weighted by Gasteiger charge is -2.02. The third kappa shape index (κ3) is 2.06. The zero-order valence-electron chi connectivity index (χ0n) is 9.57. The molecule has 16 heavy (non-hydrogen) atoms. The largest absolute Gasteiger partial charge is 0.328 e. The Morgan fingerprint density at radius 3 is 2.94 bits per heavy atom. The highest BCUT2D eigenvalue weighted by Crippen LogP contribution is 2.19. The van der Waals surface area contributed by atoms with Gasteiger partial charge in [0.1, 0.15) is 5.82 Å². The predicted octanol–water partition coefficient (Wildman–Crippen LogP) is 2.44. The lowest BCUT2D eigenvalue weighted by atomic mass is 10.2. The van der Waals surface area contributed by atoms with E-state index in [1.165, 1.54) is 0 Å². The summed E-state index contributed by atoms with van der Waals surface area (Å²) in [7, 11) is 0. The SMILES string of the molecule is CCc1nc(CC(C)N)c2cc(Cl)ccn12. The highest BCUT2D eigenvalue weighted by Gasteiger charge is 2.11. The molecule has 0 saturated carbocycles. The normalized spacial score (nSPS) is 13.2. The van der Waals surface area contributed by atoms with E-state index >= 15 is 0 Å². The fourth-order valence-electron chi connectivity index (χ4n) is 1.89. The lowest BCUT2D eigenvalue weighted by Crippen LogP contribution is -2.18. The molecule has 0 radical (unpaired) electrons. The van der Waals surface area contributed by atoms with Crippen LogP contribution >= 0.6 is 11.6 Å². The second-order valence-electron chi connectivity index (χ2n) is 4.11. The average Bonchev–Trinajstić information content (AvgIpc) is 2.55. The summed E-state index contributed by atoms with van der Waals surface area (Å²) < 4.78 is 2.09. The maximum atomic E-state index is 6.01. The van der Waals surface area contributed by atoms with Crippen LogP contribution in [-0.2, 0) is 12.8 Å². The number of nitrogens with zero attached hydrogens (tertiary/aromatic N) is 2. The van der Waals surface area contributed by atoms with Crippen molar-refractivity contribution in [3.05, 3.63) is 34.9 Å². The molecule has 1 atom stereocenters. The van der Waals surface area contributed by atoms with E-state index in [0.717, 1.165) is 34.9 Å². The molecule has 0 fully saturated rings. The van der Waals surface area contributed by atoms with Gasteiger partial charge in [-0.05, 0) is 19.1 Å². The van der Waals surface area contributed by atoms with E-state index in [1.807, 2.05) is 25.3 Å². The maximum absolute atomic E-state index is 6.01. The number of hydrogen-bond acceptors (Lipinski definition) is 2. The van der Waals surface area contributed by atoms with E-state index in [4.69, 9.17) is 17.3 Å². The third-order valence-corrected chi connectivity index (χ3v) is 2.82. The molecule has 0 saturated heterocycles. The van der Waals surface area contributed by atoms with Crippen molar-refractivity contribution in [2.24, 2.45) is 5.73 Å². The topological polar surface area (TPSA) is 43.3 Å². The Balaban J connectivity index is 2.59. The van der Waals surface area contributed by atoms with E-state index in [9.17, 15) is 0 Å². The highest BCUT2D eigenvalue weighted by atomic mass is 35.5. The number of rotatable bonds is 3. The molecule has 0 aliphatic heterocycles. The molecular weight excluding hydrogens is 222 g/mol. The van der Waals surface area contributed by atoms with Crippen molar-refractivity contribution in [1.82, 2.24) is 9.38 Å². The van der Waals surface area contributed by atoms with Crippen molar-refractivity contribution >= 4 is 17.1 Å². The fraction of sp³-hybridized carbons (Fsp3) is 0.417. The first-order valence-electron chi connectivity index (χ1n) is 5.52. The summed E-state index contributed by atoms with van der Waals surface area (Å²) in [4.78, 5) is 4.61. The second-order valence-corrected chi connectivity index (χ2v) is 4.55. The fourth-order valence-corrected chi connectivity index (χ4v) is 2.05. The van der Waals surface area contributed by atoms with Gasteiger partial charge in [-0.25, -0.2) is 4.98 Å². The van der Waals surface area contributed by atoms with Gasteiger partial charge in [0.25, 0.3) is 0 Å². The summed E-state index contributed by atoms with van der Waals surface area (Å²) in [6.45, 7) is 4.08. The third-order valence-electron chi connectivity index (χ3n) is 2.59. The van der Waals surface area contributed by atoms with Crippen molar-refractivity contribution in [2.75, 3.05) is 0 Å². The number of aryl methyl sites for hydroxylation is 1. The number of nitrogens with two attached hydrogens (primary N) is 1. The van der Waals surface area contributed by atoms with Crippen LogP contribution in [0.1, 0.15) is 25.4 Å². The van der Waals surface area contributed by atoms with Gasteiger partial charge in [-0.15, -0.1) is 0 Å². The van der Waals surface area contributed by atoms with E-state index < -0.39 is 0 Å². The highest BCUT2D eigenvalue weighted by molar-refractivity contribution is 6.30. The molecule has 2 aromatic heterocycles. The number of hydrogen-bond donors (Lipinski definition) is 1. The van der Waals surface area contributed by atoms with Crippen molar-refractivity contribution in [3.8, 4) is 0 Å². The zero-order valence-corrected chi connectivity index (χ0v) is 10.3. The first kappa shape index (κ1) is 11.4. The van der Waals surface area contributed by atoms with Gasteiger partial charge in [0.05, 0.1) is 11.2 Å². The number of pyridine rings is 1. The molecule has 4 heteroatoms. The number of fused-ring (bicyclic) bond motifs is 1. The van der Waals surface area contributed by atoms with Crippen molar-refractivity contribution in [1.29, 1.82) is 0 Å². The lowest BCUT2D eigenvalue weighted by molar-refractivity contribution is 0.726. The predicted molar refractivity (Wildman–Crippen MR) is 66.9 cm³/mol. The Labute approximate surface area is 100 Å². The molecule has 0 bridgehead atoms. The van der Waals surface area contributed by atoms with E-state index in [2.05, 4.69) is 16.3 Å². The van der Waals surface area contributed by atoms with Crippen LogP contribution < -0.4 is 5.73 Å². The molecule has 0 aliphatic rings. The summed E-state index contributed by atoms with van der Waals surface area (Å²) in [5.74, 6) is 1.06. The van der Waals surface area contributed by atoms with Crippen LogP contribution in [0.3, 0.4) is 0 Å². The Kier molecular flexibility index (Phi) is 3.17. The summed E-state index contributed by atoms with van der Waals surface area (Å²) in [6, 6.07) is 3.94. The van der Waals surface area contributed by atoms with Gasteiger partial charge in [-0.1, -0.05) is 18.5 Å². The minimum absolute atomic E-state index is 0.113. The standard InChI is InChI=1S/C12H16ClN3/c1-3-12-15-10(6-8(2)14)11-7-9(13)4-5-16(11)12/h4-5,7-8H,3,6,14H2,1-2H3. The van der Waals surface area contributed by atoms with Crippen LogP contribution in [0.2, 0.25) is 5.02 Å². The Morgan fingerprint density at radius 2 is 2.31 bits per heavy atom. The minimum Gasteiger partial charge on any atom is -0.328 e. The zero-order chi connectivity index (χ0) is 11.7. The summed E-state index contributed by atoms with van der Waals surface area (Å²) in [5, 5.41) is 0.737. The van der Waals surface area contributed by atoms with Crippen LogP contribution in [-0.4, -0.2) is 15.4 Å². The molecule has 2 N–H and O–H groups in total. The van der Waals surface area contributed by atoms with Crippen LogP contribution in [0, 0.1) is 0 Å². The van der Waals surface area contributed by atoms with Crippen LogP contribution in [0.5, 0.6) is 0 Å². The molecule has 3 nitrogen and oxygen atoms in total.